The van der Waals surface area contributed by atoms with E-state index < -0.39 is 35.1 Å². The van der Waals surface area contributed by atoms with Gasteiger partial charge >= 0.3 is 0 Å². The molecular weight excluding hydrogens is 651 g/mol. The highest BCUT2D eigenvalue weighted by Crippen LogP contribution is 2.65. The number of amides is 3. The number of aliphatic hydroxyl groups is 1. The van der Waals surface area contributed by atoms with Gasteiger partial charge in [-0.3, -0.25) is 14.4 Å². The lowest BCUT2D eigenvalue weighted by Gasteiger charge is -2.39. The van der Waals surface area contributed by atoms with E-state index in [0.717, 1.165) is 21.9 Å². The molecule has 52 heavy (non-hydrogen) atoms. The molecule has 2 bridgehead atoms. The Morgan fingerprint density at radius 2 is 1.54 bits per heavy atom. The second-order valence-corrected chi connectivity index (χ2v) is 14.4. The molecule has 2 unspecified atom stereocenters. The maximum atomic E-state index is 15.4. The van der Waals surface area contributed by atoms with Gasteiger partial charge in [-0.1, -0.05) is 110 Å². The van der Waals surface area contributed by atoms with Gasteiger partial charge in [0.05, 0.1) is 30.1 Å². The number of carbonyl (C=O) groups is 3. The van der Waals surface area contributed by atoms with Crippen molar-refractivity contribution in [2.24, 2.45) is 11.8 Å². The molecule has 3 amide bonds. The average molecular weight is 698 g/mol. The Morgan fingerprint density at radius 1 is 0.885 bits per heavy atom. The number of hydrogen-bond acceptors (Lipinski definition) is 5. The van der Waals surface area contributed by atoms with E-state index in [1.807, 2.05) is 110 Å². The van der Waals surface area contributed by atoms with Gasteiger partial charge in [-0.2, -0.15) is 0 Å². The van der Waals surface area contributed by atoms with Gasteiger partial charge in [0.1, 0.15) is 11.6 Å². The van der Waals surface area contributed by atoms with Gasteiger partial charge in [-0.05, 0) is 59.7 Å². The fraction of sp³-hybridized carbons (Fsp3) is 0.341. The summed E-state index contributed by atoms with van der Waals surface area (Å²) >= 11 is 0. The van der Waals surface area contributed by atoms with E-state index in [0.29, 0.717) is 44.5 Å². The third-order valence-corrected chi connectivity index (χ3v) is 11.5. The van der Waals surface area contributed by atoms with Gasteiger partial charge in [-0.25, -0.2) is 0 Å². The molecule has 3 aliphatic heterocycles. The predicted octanol–water partition coefficient (Wildman–Crippen LogP) is 6.33. The molecule has 1 N–H and O–H groups in total. The second-order valence-electron chi connectivity index (χ2n) is 14.4. The highest BCUT2D eigenvalue weighted by atomic mass is 16.5. The molecule has 7 rings (SSSR count). The Balaban J connectivity index is 1.34. The summed E-state index contributed by atoms with van der Waals surface area (Å²) in [7, 11) is 0. The van der Waals surface area contributed by atoms with Crippen LogP contribution in [0.5, 0.6) is 0 Å². The summed E-state index contributed by atoms with van der Waals surface area (Å²) in [6.07, 6.45) is 5.21. The number of fused-ring (bicyclic) bond motifs is 2. The molecule has 1 spiro atoms. The summed E-state index contributed by atoms with van der Waals surface area (Å²) in [6, 6.07) is 31.5. The van der Waals surface area contributed by atoms with Gasteiger partial charge < -0.3 is 24.5 Å². The van der Waals surface area contributed by atoms with E-state index in [-0.39, 0.29) is 30.9 Å². The van der Waals surface area contributed by atoms with Crippen LogP contribution in [0.15, 0.2) is 128 Å². The molecule has 4 aromatic carbocycles. The molecule has 3 aliphatic rings. The Kier molecular flexibility index (Phi) is 9.88. The third kappa shape index (κ3) is 5.94. The molecular formula is C44H47N3O5. The first kappa shape index (κ1) is 35.4. The number of benzene rings is 4. The van der Waals surface area contributed by atoms with Gasteiger partial charge in [0, 0.05) is 25.3 Å². The van der Waals surface area contributed by atoms with E-state index in [9.17, 15) is 9.90 Å². The van der Waals surface area contributed by atoms with E-state index >= 15 is 9.59 Å². The van der Waals surface area contributed by atoms with Gasteiger partial charge in [-0.15, -0.1) is 13.2 Å². The molecule has 3 saturated heterocycles. The Bertz CT molecular complexity index is 1970. The first-order chi connectivity index (χ1) is 25.3. The van der Waals surface area contributed by atoms with E-state index in [1.54, 1.807) is 26.9 Å². The summed E-state index contributed by atoms with van der Waals surface area (Å²) in [5.41, 5.74) is 0.379. The standard InChI is InChI=1S/C44H47N3O5/c1-4-25-45(29-32-17-11-8-12-18-32)40(49)37-38-41(50)47(36(30-48)27-31-15-9-7-10-16-31)39(44(38)24-23-43(37,6-3)52-44)42(51)46(26-5-2)35-22-21-33-19-13-14-20-34(33)28-35/h4-5,7-22,28,36-39,48H,1-2,6,23-27,29-30H2,3H3/t36-,37-,38+,39?,43+,44?/m1/s1. The summed E-state index contributed by atoms with van der Waals surface area (Å²) in [5.74, 6) is -2.54. The minimum Gasteiger partial charge on any atom is -0.394 e. The zero-order chi connectivity index (χ0) is 36.5. The molecule has 6 atom stereocenters. The van der Waals surface area contributed by atoms with Crippen LogP contribution in [0.3, 0.4) is 0 Å². The summed E-state index contributed by atoms with van der Waals surface area (Å²) in [4.78, 5) is 50.6. The molecule has 0 saturated carbocycles. The highest BCUT2D eigenvalue weighted by molar-refractivity contribution is 6.06. The van der Waals surface area contributed by atoms with E-state index in [2.05, 4.69) is 13.2 Å². The first-order valence-corrected chi connectivity index (χ1v) is 18.3. The number of ether oxygens (including phenoxy) is 1. The van der Waals surface area contributed by atoms with Crippen LogP contribution in [-0.2, 0) is 32.1 Å². The lowest BCUT2D eigenvalue weighted by atomic mass is 9.64. The lowest BCUT2D eigenvalue weighted by molar-refractivity contribution is -0.153. The first-order valence-electron chi connectivity index (χ1n) is 18.3. The van der Waals surface area contributed by atoms with Crippen molar-refractivity contribution in [3.8, 4) is 0 Å². The van der Waals surface area contributed by atoms with Crippen molar-refractivity contribution < 1.29 is 24.2 Å². The number of carbonyl (C=O) groups excluding carboxylic acids is 3. The van der Waals surface area contributed by atoms with Crippen LogP contribution < -0.4 is 4.90 Å². The monoisotopic (exact) mass is 697 g/mol. The molecule has 8 heteroatoms. The van der Waals surface area contributed by atoms with Crippen molar-refractivity contribution in [1.82, 2.24) is 9.80 Å². The molecule has 0 aromatic heterocycles. The van der Waals surface area contributed by atoms with Crippen molar-refractivity contribution in [2.45, 2.75) is 62.4 Å². The number of aliphatic hydroxyl groups excluding tert-OH is 1. The van der Waals surface area contributed by atoms with E-state index in [4.69, 9.17) is 4.74 Å². The van der Waals surface area contributed by atoms with Crippen LogP contribution in [0.25, 0.3) is 10.8 Å². The molecule has 4 aromatic rings. The molecule has 3 heterocycles. The number of hydrogen-bond donors (Lipinski definition) is 1. The lowest BCUT2D eigenvalue weighted by Crippen LogP contribution is -2.59. The Labute approximate surface area is 306 Å². The summed E-state index contributed by atoms with van der Waals surface area (Å²) < 4.78 is 7.16. The zero-order valence-corrected chi connectivity index (χ0v) is 29.8. The third-order valence-electron chi connectivity index (χ3n) is 11.5. The second kappa shape index (κ2) is 14.5. The maximum Gasteiger partial charge on any atom is 0.253 e. The van der Waals surface area contributed by atoms with Crippen molar-refractivity contribution in [2.75, 3.05) is 24.6 Å². The Hall–Kier alpha value is -5.05. The number of rotatable bonds is 14. The summed E-state index contributed by atoms with van der Waals surface area (Å²) in [6.45, 7) is 10.4. The van der Waals surface area contributed by atoms with Crippen molar-refractivity contribution in [1.29, 1.82) is 0 Å². The average Bonchev–Trinajstić information content (AvgIpc) is 3.79. The number of likely N-dealkylation sites (tertiary alicyclic amines) is 1. The minimum absolute atomic E-state index is 0.181. The SMILES string of the molecule is C=CCN(Cc1ccccc1)C(=O)[C@H]1[C@H]2C(=O)N([C@@H](CO)Cc3ccccc3)C(C(=O)N(CC=C)c3ccc4ccccc4c3)C23CC[C@]1(CC)O3. The fourth-order valence-electron chi connectivity index (χ4n) is 9.17. The van der Waals surface area contributed by atoms with Crippen LogP contribution in [0, 0.1) is 11.8 Å². The molecule has 0 aliphatic carbocycles. The van der Waals surface area contributed by atoms with Crippen molar-refractivity contribution in [3.63, 3.8) is 0 Å². The largest absolute Gasteiger partial charge is 0.394 e. The predicted molar refractivity (Wildman–Crippen MR) is 203 cm³/mol. The molecule has 0 radical (unpaired) electrons. The van der Waals surface area contributed by atoms with Crippen LogP contribution in [0.2, 0.25) is 0 Å². The topological polar surface area (TPSA) is 90.4 Å². The van der Waals surface area contributed by atoms with Crippen LogP contribution in [-0.4, -0.2) is 75.6 Å². The van der Waals surface area contributed by atoms with Gasteiger partial charge in [0.15, 0.2) is 0 Å². The highest BCUT2D eigenvalue weighted by Gasteiger charge is 2.79. The fourth-order valence-corrected chi connectivity index (χ4v) is 9.17. The van der Waals surface area contributed by atoms with Crippen LogP contribution in [0.4, 0.5) is 5.69 Å². The quantitative estimate of drug-likeness (QED) is 0.156. The van der Waals surface area contributed by atoms with Crippen molar-refractivity contribution >= 4 is 34.2 Å². The minimum atomic E-state index is -1.27. The normalized spacial score (nSPS) is 25.2. The van der Waals surface area contributed by atoms with Crippen LogP contribution in [0.1, 0.15) is 37.3 Å². The Morgan fingerprint density at radius 3 is 2.19 bits per heavy atom. The van der Waals surface area contributed by atoms with Crippen LogP contribution >= 0.6 is 0 Å². The zero-order valence-electron chi connectivity index (χ0n) is 29.8. The van der Waals surface area contributed by atoms with Gasteiger partial charge in [0.25, 0.3) is 5.91 Å². The van der Waals surface area contributed by atoms with E-state index in [1.165, 1.54) is 0 Å². The summed E-state index contributed by atoms with van der Waals surface area (Å²) in [5, 5.41) is 13.0. The molecule has 3 fully saturated rings. The van der Waals surface area contributed by atoms with Gasteiger partial charge in [0.2, 0.25) is 11.8 Å². The molecule has 268 valence electrons. The smallest absolute Gasteiger partial charge is 0.253 e. The molecule has 8 nitrogen and oxygen atoms in total. The number of nitrogens with zero attached hydrogens (tertiary/aromatic N) is 3. The van der Waals surface area contributed by atoms with Crippen molar-refractivity contribution in [3.05, 3.63) is 140 Å². The number of anilines is 1. The maximum absolute atomic E-state index is 15.4.